The van der Waals surface area contributed by atoms with Gasteiger partial charge in [0.1, 0.15) is 5.69 Å². The summed E-state index contributed by atoms with van der Waals surface area (Å²) in [4.78, 5) is 16.5. The molecule has 1 fully saturated rings. The Labute approximate surface area is 141 Å². The van der Waals surface area contributed by atoms with Crippen molar-refractivity contribution in [3.8, 4) is 0 Å². The van der Waals surface area contributed by atoms with E-state index in [1.165, 1.54) is 12.8 Å². The Bertz CT molecular complexity index is 711. The maximum atomic E-state index is 12.3. The average Bonchev–Trinajstić information content (AvgIpc) is 3.04. The molecule has 1 aliphatic rings. The van der Waals surface area contributed by atoms with E-state index in [1.807, 2.05) is 31.2 Å². The zero-order valence-corrected chi connectivity index (χ0v) is 13.9. The molecule has 1 aromatic heterocycles. The van der Waals surface area contributed by atoms with E-state index in [0.29, 0.717) is 10.7 Å². The third-order valence-electron chi connectivity index (χ3n) is 4.14. The minimum atomic E-state index is -0.109. The number of anilines is 2. The van der Waals surface area contributed by atoms with Gasteiger partial charge in [-0.25, -0.2) is 0 Å². The van der Waals surface area contributed by atoms with E-state index >= 15 is 0 Å². The normalized spacial score (nSPS) is 14.7. The monoisotopic (exact) mass is 329 g/mol. The quantitative estimate of drug-likeness (QED) is 0.870. The molecule has 1 heterocycles. The van der Waals surface area contributed by atoms with Gasteiger partial charge in [-0.3, -0.25) is 9.78 Å². The predicted octanol–water partition coefficient (Wildman–Crippen LogP) is 4.46. The molecule has 0 atom stereocenters. The number of halogens is 1. The number of nitrogens with one attached hydrogen (secondary N) is 2. The molecule has 4 nitrogen and oxygen atoms in total. The number of benzene rings is 1. The molecule has 0 spiro atoms. The van der Waals surface area contributed by atoms with Gasteiger partial charge in [0.2, 0.25) is 0 Å². The molecule has 120 valence electrons. The number of hydrogen-bond donors (Lipinski definition) is 2. The summed E-state index contributed by atoms with van der Waals surface area (Å²) < 4.78 is 0. The smallest absolute Gasteiger partial charge is 0.270 e. The molecule has 0 saturated heterocycles. The van der Waals surface area contributed by atoms with E-state index in [0.717, 1.165) is 29.8 Å². The van der Waals surface area contributed by atoms with Gasteiger partial charge < -0.3 is 10.6 Å². The Hall–Kier alpha value is -2.07. The van der Waals surface area contributed by atoms with E-state index in [-0.39, 0.29) is 11.9 Å². The Balaban J connectivity index is 1.71. The second-order valence-corrected chi connectivity index (χ2v) is 6.38. The highest BCUT2D eigenvalue weighted by Gasteiger charge is 2.18. The van der Waals surface area contributed by atoms with Crippen LogP contribution in [0.5, 0.6) is 0 Å². The van der Waals surface area contributed by atoms with Crippen LogP contribution in [0.4, 0.5) is 11.4 Å². The maximum Gasteiger partial charge on any atom is 0.270 e. The predicted molar refractivity (Wildman–Crippen MR) is 93.4 cm³/mol. The van der Waals surface area contributed by atoms with Crippen LogP contribution in [0.15, 0.2) is 36.5 Å². The lowest BCUT2D eigenvalue weighted by Gasteiger charge is -2.12. The van der Waals surface area contributed by atoms with Gasteiger partial charge in [0, 0.05) is 28.6 Å². The summed E-state index contributed by atoms with van der Waals surface area (Å²) in [6.07, 6.45) is 6.14. The minimum Gasteiger partial charge on any atom is -0.355 e. The molecule has 2 N–H and O–H groups in total. The van der Waals surface area contributed by atoms with Crippen LogP contribution in [0.1, 0.15) is 41.7 Å². The van der Waals surface area contributed by atoms with Gasteiger partial charge >= 0.3 is 0 Å². The molecule has 0 bridgehead atoms. The Kier molecular flexibility index (Phi) is 4.82. The van der Waals surface area contributed by atoms with Gasteiger partial charge in [0.05, 0.1) is 0 Å². The molecule has 0 aliphatic heterocycles. The molecule has 1 saturated carbocycles. The van der Waals surface area contributed by atoms with Gasteiger partial charge in [0.25, 0.3) is 5.91 Å². The third-order valence-corrected chi connectivity index (χ3v) is 4.55. The Morgan fingerprint density at radius 2 is 1.91 bits per heavy atom. The second kappa shape index (κ2) is 7.01. The molecule has 1 aliphatic carbocycles. The van der Waals surface area contributed by atoms with Crippen molar-refractivity contribution in [2.45, 2.75) is 38.6 Å². The van der Waals surface area contributed by atoms with Gasteiger partial charge in [-0.15, -0.1) is 0 Å². The Morgan fingerprint density at radius 1 is 1.17 bits per heavy atom. The minimum absolute atomic E-state index is 0.109. The summed E-state index contributed by atoms with van der Waals surface area (Å²) >= 11 is 6.14. The van der Waals surface area contributed by atoms with E-state index in [4.69, 9.17) is 11.6 Å². The lowest BCUT2D eigenvalue weighted by atomic mass is 10.2. The number of aryl methyl sites for hydroxylation is 1. The highest BCUT2D eigenvalue weighted by atomic mass is 35.5. The van der Waals surface area contributed by atoms with Crippen LogP contribution >= 0.6 is 11.6 Å². The van der Waals surface area contributed by atoms with Crippen molar-refractivity contribution in [3.05, 3.63) is 52.8 Å². The zero-order chi connectivity index (χ0) is 16.2. The second-order valence-electron chi connectivity index (χ2n) is 5.97. The number of rotatable bonds is 4. The molecule has 5 heteroatoms. The zero-order valence-electron chi connectivity index (χ0n) is 13.1. The molecule has 23 heavy (non-hydrogen) atoms. The van der Waals surface area contributed by atoms with Crippen molar-refractivity contribution in [2.75, 3.05) is 5.32 Å². The van der Waals surface area contributed by atoms with Crippen molar-refractivity contribution in [3.63, 3.8) is 0 Å². The highest BCUT2D eigenvalue weighted by molar-refractivity contribution is 6.31. The first-order valence-corrected chi connectivity index (χ1v) is 8.30. The van der Waals surface area contributed by atoms with E-state index in [1.54, 1.807) is 12.3 Å². The van der Waals surface area contributed by atoms with Crippen LogP contribution in [0, 0.1) is 6.92 Å². The van der Waals surface area contributed by atoms with E-state index < -0.39 is 0 Å². The lowest BCUT2D eigenvalue weighted by Crippen LogP contribution is -2.33. The van der Waals surface area contributed by atoms with Crippen molar-refractivity contribution in [2.24, 2.45) is 0 Å². The number of aromatic nitrogens is 1. The number of pyridine rings is 1. The van der Waals surface area contributed by atoms with Crippen molar-refractivity contribution < 1.29 is 4.79 Å². The molecule has 1 aromatic carbocycles. The fraction of sp³-hybridized carbons (Fsp3) is 0.333. The standard InChI is InChI=1S/C18H20ClN3O/c1-12-6-7-14(10-16(12)19)21-15-8-9-20-17(11-15)18(23)22-13-4-2-3-5-13/h6-11,13H,2-5H2,1H3,(H,20,21)(H,22,23). The molecular weight excluding hydrogens is 310 g/mol. The summed E-state index contributed by atoms with van der Waals surface area (Å²) in [6.45, 7) is 1.96. The molecule has 2 aromatic rings. The lowest BCUT2D eigenvalue weighted by molar-refractivity contribution is 0.0933. The van der Waals surface area contributed by atoms with Crippen LogP contribution in [-0.4, -0.2) is 16.9 Å². The van der Waals surface area contributed by atoms with Crippen LogP contribution in [0.2, 0.25) is 5.02 Å². The summed E-state index contributed by atoms with van der Waals surface area (Å²) in [5.74, 6) is -0.109. The van der Waals surface area contributed by atoms with E-state index in [2.05, 4.69) is 15.6 Å². The Morgan fingerprint density at radius 3 is 2.65 bits per heavy atom. The summed E-state index contributed by atoms with van der Waals surface area (Å²) in [5, 5.41) is 7.02. The van der Waals surface area contributed by atoms with Crippen LogP contribution in [0.25, 0.3) is 0 Å². The molecular formula is C18H20ClN3O. The summed E-state index contributed by atoms with van der Waals surface area (Å²) in [7, 11) is 0. The molecule has 0 radical (unpaired) electrons. The molecule has 1 amide bonds. The summed E-state index contributed by atoms with van der Waals surface area (Å²) in [5.41, 5.74) is 3.16. The first-order valence-electron chi connectivity index (χ1n) is 7.92. The molecule has 3 rings (SSSR count). The van der Waals surface area contributed by atoms with Crippen LogP contribution < -0.4 is 10.6 Å². The number of carbonyl (C=O) groups excluding carboxylic acids is 1. The van der Waals surface area contributed by atoms with Gasteiger partial charge in [-0.1, -0.05) is 30.5 Å². The average molecular weight is 330 g/mol. The van der Waals surface area contributed by atoms with Crippen LogP contribution in [0.3, 0.4) is 0 Å². The van der Waals surface area contributed by atoms with Crippen LogP contribution in [-0.2, 0) is 0 Å². The first kappa shape index (κ1) is 15.8. The first-order chi connectivity index (χ1) is 11.1. The third kappa shape index (κ3) is 4.02. The number of carbonyl (C=O) groups is 1. The fourth-order valence-corrected chi connectivity index (χ4v) is 2.98. The van der Waals surface area contributed by atoms with Crippen molar-refractivity contribution in [1.29, 1.82) is 0 Å². The summed E-state index contributed by atoms with van der Waals surface area (Å²) in [6, 6.07) is 9.67. The largest absolute Gasteiger partial charge is 0.355 e. The van der Waals surface area contributed by atoms with Crippen molar-refractivity contribution >= 4 is 28.9 Å². The highest BCUT2D eigenvalue weighted by Crippen LogP contribution is 2.23. The van der Waals surface area contributed by atoms with E-state index in [9.17, 15) is 4.79 Å². The van der Waals surface area contributed by atoms with Gasteiger partial charge in [0.15, 0.2) is 0 Å². The SMILES string of the molecule is Cc1ccc(Nc2ccnc(C(=O)NC3CCCC3)c2)cc1Cl. The fourth-order valence-electron chi connectivity index (χ4n) is 2.80. The topological polar surface area (TPSA) is 54.0 Å². The number of amides is 1. The maximum absolute atomic E-state index is 12.3. The van der Waals surface area contributed by atoms with Gasteiger partial charge in [-0.05, 0) is 49.6 Å². The van der Waals surface area contributed by atoms with Gasteiger partial charge in [-0.2, -0.15) is 0 Å². The number of nitrogens with zero attached hydrogens (tertiary/aromatic N) is 1. The van der Waals surface area contributed by atoms with Crippen molar-refractivity contribution in [1.82, 2.24) is 10.3 Å². The number of hydrogen-bond acceptors (Lipinski definition) is 3. The molecule has 0 unspecified atom stereocenters.